The Hall–Kier alpha value is -3.11. The summed E-state index contributed by atoms with van der Waals surface area (Å²) in [6.07, 6.45) is 0. The van der Waals surface area contributed by atoms with Crippen molar-refractivity contribution in [2.24, 2.45) is 0 Å². The van der Waals surface area contributed by atoms with Crippen LogP contribution in [0.25, 0.3) is 0 Å². The molecule has 3 rings (SSSR count). The maximum Gasteiger partial charge on any atom is 0.255 e. The number of hydrogen-bond acceptors (Lipinski definition) is 2. The van der Waals surface area contributed by atoms with Crippen LogP contribution in [-0.4, -0.2) is 11.8 Å². The zero-order chi connectivity index (χ0) is 19.4. The number of rotatable bonds is 4. The first-order valence-electron chi connectivity index (χ1n) is 8.48. The molecule has 3 aromatic rings. The van der Waals surface area contributed by atoms with Gasteiger partial charge < -0.3 is 10.6 Å². The van der Waals surface area contributed by atoms with Gasteiger partial charge in [0.15, 0.2) is 0 Å². The molecule has 0 atom stereocenters. The van der Waals surface area contributed by atoms with Gasteiger partial charge >= 0.3 is 0 Å². The summed E-state index contributed by atoms with van der Waals surface area (Å²) in [5.74, 6) is -0.418. The lowest BCUT2D eigenvalue weighted by Crippen LogP contribution is -2.13. The highest BCUT2D eigenvalue weighted by Crippen LogP contribution is 2.18. The van der Waals surface area contributed by atoms with Gasteiger partial charge in [0.25, 0.3) is 11.8 Å². The second kappa shape index (κ2) is 8.06. The second-order valence-corrected chi connectivity index (χ2v) is 6.73. The minimum Gasteiger partial charge on any atom is -0.322 e. The van der Waals surface area contributed by atoms with Crippen LogP contribution in [0.15, 0.2) is 66.7 Å². The predicted molar refractivity (Wildman–Crippen MR) is 110 cm³/mol. The standard InChI is InChI=1S/C22H19ClN2O2/c1-14-6-7-17(12-15(14)2)22(27)25-20-10-8-19(9-11-20)24-21(26)16-4-3-5-18(23)13-16/h3-13H,1-2H3,(H,24,26)(H,25,27). The summed E-state index contributed by atoms with van der Waals surface area (Å²) in [6.45, 7) is 3.98. The molecular formula is C22H19ClN2O2. The molecule has 0 aliphatic heterocycles. The maximum atomic E-state index is 12.4. The lowest BCUT2D eigenvalue weighted by Gasteiger charge is -2.09. The minimum atomic E-state index is -0.246. The topological polar surface area (TPSA) is 58.2 Å². The first-order chi connectivity index (χ1) is 12.9. The van der Waals surface area contributed by atoms with Crippen LogP contribution < -0.4 is 10.6 Å². The van der Waals surface area contributed by atoms with Gasteiger partial charge in [0.05, 0.1) is 0 Å². The van der Waals surface area contributed by atoms with E-state index in [-0.39, 0.29) is 11.8 Å². The molecule has 0 heterocycles. The first-order valence-corrected chi connectivity index (χ1v) is 8.86. The van der Waals surface area contributed by atoms with Crippen LogP contribution in [0.3, 0.4) is 0 Å². The normalized spacial score (nSPS) is 10.3. The number of hydrogen-bond donors (Lipinski definition) is 2. The van der Waals surface area contributed by atoms with Crippen LogP contribution in [-0.2, 0) is 0 Å². The molecule has 3 aromatic carbocycles. The molecule has 136 valence electrons. The number of halogens is 1. The number of benzene rings is 3. The SMILES string of the molecule is Cc1ccc(C(=O)Nc2ccc(NC(=O)c3cccc(Cl)c3)cc2)cc1C. The fourth-order valence-electron chi connectivity index (χ4n) is 2.56. The molecule has 5 heteroatoms. The molecule has 0 radical (unpaired) electrons. The smallest absolute Gasteiger partial charge is 0.255 e. The predicted octanol–water partition coefficient (Wildman–Crippen LogP) is 5.46. The molecule has 0 aromatic heterocycles. The average Bonchev–Trinajstić information content (AvgIpc) is 2.65. The van der Waals surface area contributed by atoms with Gasteiger partial charge in [-0.2, -0.15) is 0 Å². The lowest BCUT2D eigenvalue weighted by atomic mass is 10.1. The number of nitrogens with one attached hydrogen (secondary N) is 2. The third-order valence-electron chi connectivity index (χ3n) is 4.26. The van der Waals surface area contributed by atoms with E-state index in [9.17, 15) is 9.59 Å². The summed E-state index contributed by atoms with van der Waals surface area (Å²) in [5, 5.41) is 6.16. The van der Waals surface area contributed by atoms with Crippen molar-refractivity contribution in [2.75, 3.05) is 10.6 Å². The minimum absolute atomic E-state index is 0.172. The Bertz CT molecular complexity index is 997. The van der Waals surface area contributed by atoms with E-state index in [1.807, 2.05) is 26.0 Å². The van der Waals surface area contributed by atoms with E-state index >= 15 is 0 Å². The molecule has 27 heavy (non-hydrogen) atoms. The highest BCUT2D eigenvalue weighted by atomic mass is 35.5. The maximum absolute atomic E-state index is 12.4. The van der Waals surface area contributed by atoms with Gasteiger partial charge in [0.2, 0.25) is 0 Å². The van der Waals surface area contributed by atoms with Gasteiger partial charge in [-0.1, -0.05) is 23.7 Å². The molecular weight excluding hydrogens is 360 g/mol. The summed E-state index contributed by atoms with van der Waals surface area (Å²) in [4.78, 5) is 24.6. The van der Waals surface area contributed by atoms with Gasteiger partial charge in [-0.15, -0.1) is 0 Å². The number of anilines is 2. The van der Waals surface area contributed by atoms with Crippen LogP contribution in [0.1, 0.15) is 31.8 Å². The third kappa shape index (κ3) is 4.74. The molecule has 0 fully saturated rings. The summed E-state index contributed by atoms with van der Waals surface area (Å²) in [7, 11) is 0. The van der Waals surface area contributed by atoms with Crippen LogP contribution in [0.4, 0.5) is 11.4 Å². The van der Waals surface area contributed by atoms with E-state index in [1.54, 1.807) is 54.6 Å². The van der Waals surface area contributed by atoms with E-state index in [1.165, 1.54) is 0 Å². The molecule has 0 unspecified atom stereocenters. The van der Waals surface area contributed by atoms with Gasteiger partial charge in [-0.25, -0.2) is 0 Å². The summed E-state index contributed by atoms with van der Waals surface area (Å²) >= 11 is 5.91. The molecule has 0 aliphatic carbocycles. The lowest BCUT2D eigenvalue weighted by molar-refractivity contribution is 0.101. The van der Waals surface area contributed by atoms with E-state index in [0.29, 0.717) is 27.5 Å². The van der Waals surface area contributed by atoms with Crippen molar-refractivity contribution in [1.82, 2.24) is 0 Å². The van der Waals surface area contributed by atoms with Gasteiger partial charge in [-0.05, 0) is 79.6 Å². The van der Waals surface area contributed by atoms with Crippen molar-refractivity contribution in [2.45, 2.75) is 13.8 Å². The van der Waals surface area contributed by atoms with Crippen molar-refractivity contribution in [1.29, 1.82) is 0 Å². The van der Waals surface area contributed by atoms with Gasteiger partial charge in [0, 0.05) is 27.5 Å². The summed E-state index contributed by atoms with van der Waals surface area (Å²) in [6, 6.07) is 19.3. The van der Waals surface area contributed by atoms with Crippen LogP contribution in [0.2, 0.25) is 5.02 Å². The number of carbonyl (C=O) groups excluding carboxylic acids is 2. The third-order valence-corrected chi connectivity index (χ3v) is 4.49. The Morgan fingerprint density at radius 2 is 1.26 bits per heavy atom. The van der Waals surface area contributed by atoms with E-state index in [2.05, 4.69) is 10.6 Å². The van der Waals surface area contributed by atoms with E-state index < -0.39 is 0 Å². The molecule has 4 nitrogen and oxygen atoms in total. The van der Waals surface area contributed by atoms with Crippen molar-refractivity contribution < 1.29 is 9.59 Å². The zero-order valence-electron chi connectivity index (χ0n) is 15.0. The highest BCUT2D eigenvalue weighted by Gasteiger charge is 2.09. The van der Waals surface area contributed by atoms with Crippen LogP contribution in [0.5, 0.6) is 0 Å². The quantitative estimate of drug-likeness (QED) is 0.633. The molecule has 2 amide bonds. The fourth-order valence-corrected chi connectivity index (χ4v) is 2.75. The Balaban J connectivity index is 1.65. The van der Waals surface area contributed by atoms with Crippen molar-refractivity contribution in [3.05, 3.63) is 94.0 Å². The van der Waals surface area contributed by atoms with Gasteiger partial charge in [-0.3, -0.25) is 9.59 Å². The Labute approximate surface area is 163 Å². The van der Waals surface area contributed by atoms with Crippen molar-refractivity contribution >= 4 is 34.8 Å². The second-order valence-electron chi connectivity index (χ2n) is 6.29. The van der Waals surface area contributed by atoms with Crippen LogP contribution >= 0.6 is 11.6 Å². The summed E-state index contributed by atoms with van der Waals surface area (Å²) < 4.78 is 0. The van der Waals surface area contributed by atoms with Crippen molar-refractivity contribution in [3.63, 3.8) is 0 Å². The summed E-state index contributed by atoms with van der Waals surface area (Å²) in [5.41, 5.74) is 4.59. The van der Waals surface area contributed by atoms with Gasteiger partial charge in [0.1, 0.15) is 0 Å². The molecule has 0 spiro atoms. The Morgan fingerprint density at radius 1 is 0.704 bits per heavy atom. The number of amides is 2. The fraction of sp³-hybridized carbons (Fsp3) is 0.0909. The average molecular weight is 379 g/mol. The first kappa shape index (κ1) is 18.7. The molecule has 0 saturated heterocycles. The molecule has 0 aliphatic rings. The van der Waals surface area contributed by atoms with E-state index in [4.69, 9.17) is 11.6 Å². The van der Waals surface area contributed by atoms with Crippen molar-refractivity contribution in [3.8, 4) is 0 Å². The Morgan fingerprint density at radius 3 is 1.78 bits per heavy atom. The van der Waals surface area contributed by atoms with Crippen LogP contribution in [0, 0.1) is 13.8 Å². The number of aryl methyl sites for hydroxylation is 2. The zero-order valence-corrected chi connectivity index (χ0v) is 15.8. The Kier molecular flexibility index (Phi) is 5.57. The number of carbonyl (C=O) groups is 2. The highest BCUT2D eigenvalue weighted by molar-refractivity contribution is 6.31. The van der Waals surface area contributed by atoms with E-state index in [0.717, 1.165) is 11.1 Å². The molecule has 0 bridgehead atoms. The largest absolute Gasteiger partial charge is 0.322 e. The monoisotopic (exact) mass is 378 g/mol. The molecule has 2 N–H and O–H groups in total. The molecule has 0 saturated carbocycles.